The highest BCUT2D eigenvalue weighted by Crippen LogP contribution is 2.50. The first-order chi connectivity index (χ1) is 16.5. The first-order valence-corrected chi connectivity index (χ1v) is 15.8. The zero-order valence-electron chi connectivity index (χ0n) is 22.6. The molecule has 8 nitrogen and oxygen atoms in total. The lowest BCUT2D eigenvalue weighted by atomic mass is 9.68. The maximum Gasteiger partial charge on any atom is 0.327 e. The normalized spacial score (nSPS) is 13.2. The van der Waals surface area contributed by atoms with E-state index in [0.29, 0.717) is 24.7 Å². The lowest BCUT2D eigenvalue weighted by molar-refractivity contribution is -0.147. The fourth-order valence-corrected chi connectivity index (χ4v) is 5.78. The molecule has 10 heteroatoms. The number of rotatable bonds is 24. The molecule has 6 N–H and O–H groups in total. The highest BCUT2D eigenvalue weighted by molar-refractivity contribution is 7.39. The van der Waals surface area contributed by atoms with E-state index in [0.717, 1.165) is 51.4 Å². The summed E-state index contributed by atoms with van der Waals surface area (Å²) in [5.41, 5.74) is -2.66. The minimum atomic E-state index is -2.76. The van der Waals surface area contributed by atoms with Crippen LogP contribution in [0.1, 0.15) is 118 Å². The predicted octanol–water partition coefficient (Wildman–Crippen LogP) is 5.93. The summed E-state index contributed by atoms with van der Waals surface area (Å²) in [6, 6.07) is 0. The van der Waals surface area contributed by atoms with Crippen molar-refractivity contribution in [3.8, 4) is 0 Å². The van der Waals surface area contributed by atoms with Crippen LogP contribution < -0.4 is 0 Å². The molecule has 0 bridgehead atoms. The Balaban J connectivity index is 5.37. The second kappa shape index (κ2) is 20.5. The van der Waals surface area contributed by atoms with E-state index in [4.69, 9.17) is 9.05 Å². The summed E-state index contributed by atoms with van der Waals surface area (Å²) in [5.74, 6) is 1.38. The quantitative estimate of drug-likeness (QED) is 0.0650. The van der Waals surface area contributed by atoms with E-state index in [2.05, 4.69) is 27.7 Å². The molecule has 0 aromatic carbocycles. The Morgan fingerprint density at radius 1 is 0.600 bits per heavy atom. The van der Waals surface area contributed by atoms with Gasteiger partial charge in [0.15, 0.2) is 0 Å². The molecule has 0 atom stereocenters. The fraction of sp³-hybridized carbons (Fsp3) is 1.00. The lowest BCUT2D eigenvalue weighted by Gasteiger charge is -2.48. The van der Waals surface area contributed by atoms with Crippen LogP contribution in [-0.4, -0.2) is 55.2 Å². The highest BCUT2D eigenvalue weighted by Gasteiger charge is 2.53. The first kappa shape index (κ1) is 35.5. The van der Waals surface area contributed by atoms with Gasteiger partial charge < -0.3 is 38.8 Å². The second-order valence-corrected chi connectivity index (χ2v) is 12.3. The second-order valence-electron chi connectivity index (χ2n) is 10.9. The molecule has 0 saturated heterocycles. The number of hydrogen-bond donors (Lipinski definition) is 6. The molecular formula is C25H54O8P2. The van der Waals surface area contributed by atoms with Crippen LogP contribution in [0.5, 0.6) is 0 Å². The van der Waals surface area contributed by atoms with Gasteiger partial charge >= 0.3 is 17.2 Å². The highest BCUT2D eigenvalue weighted by atomic mass is 31.2. The molecule has 0 aromatic heterocycles. The maximum atomic E-state index is 10.4. The molecule has 0 amide bonds. The molecular weight excluding hydrogens is 490 g/mol. The Morgan fingerprint density at radius 2 is 1.00 bits per heavy atom. The minimum absolute atomic E-state index is 0.356. The number of hydrogen-bond acceptors (Lipinski definition) is 8. The van der Waals surface area contributed by atoms with Crippen molar-refractivity contribution in [3.63, 3.8) is 0 Å². The molecule has 0 aromatic rings. The largest absolute Gasteiger partial charge is 0.395 e. The van der Waals surface area contributed by atoms with Gasteiger partial charge in [0.05, 0.1) is 30.8 Å². The Bertz CT molecular complexity index is 466. The topological polar surface area (TPSA) is 140 Å². The van der Waals surface area contributed by atoms with Gasteiger partial charge in [-0.05, 0) is 24.7 Å². The van der Waals surface area contributed by atoms with E-state index >= 15 is 0 Å². The van der Waals surface area contributed by atoms with Gasteiger partial charge in [-0.3, -0.25) is 0 Å². The monoisotopic (exact) mass is 544 g/mol. The summed E-state index contributed by atoms with van der Waals surface area (Å²) in [4.78, 5) is 38.4. The third-order valence-electron chi connectivity index (χ3n) is 7.01. The molecule has 0 aliphatic rings. The van der Waals surface area contributed by atoms with Gasteiger partial charge in [-0.15, -0.1) is 0 Å². The van der Waals surface area contributed by atoms with Crippen molar-refractivity contribution < 1.29 is 38.8 Å². The average molecular weight is 545 g/mol. The van der Waals surface area contributed by atoms with Gasteiger partial charge in [0, 0.05) is 0 Å². The minimum Gasteiger partial charge on any atom is -0.395 e. The van der Waals surface area contributed by atoms with Crippen LogP contribution in [0.25, 0.3) is 0 Å². The number of aliphatic hydroxyl groups excluding tert-OH is 2. The number of aliphatic hydroxyl groups is 2. The average Bonchev–Trinajstić information content (AvgIpc) is 2.77. The van der Waals surface area contributed by atoms with E-state index in [9.17, 15) is 29.8 Å². The van der Waals surface area contributed by atoms with Gasteiger partial charge in [0.25, 0.3) is 0 Å². The molecule has 212 valence electrons. The summed E-state index contributed by atoms with van der Waals surface area (Å²) in [7, 11) is -5.46. The third-order valence-corrected chi connectivity index (χ3v) is 7.88. The van der Waals surface area contributed by atoms with Crippen LogP contribution in [0.4, 0.5) is 0 Å². The molecule has 0 saturated carbocycles. The SMILES string of the molecule is CC(C)CCCCCCCC(CCCCCCCC(C)C)(OP(O)O)C(CO)(CO)COP(O)O. The van der Waals surface area contributed by atoms with Gasteiger partial charge in [-0.2, -0.15) is 0 Å². The van der Waals surface area contributed by atoms with Gasteiger partial charge in [0.2, 0.25) is 0 Å². The van der Waals surface area contributed by atoms with Gasteiger partial charge in [0.1, 0.15) is 0 Å². The van der Waals surface area contributed by atoms with E-state index in [-0.39, 0.29) is 6.61 Å². The summed E-state index contributed by atoms with van der Waals surface area (Å²) < 4.78 is 10.8. The van der Waals surface area contributed by atoms with Crippen LogP contribution in [0.2, 0.25) is 0 Å². The summed E-state index contributed by atoms with van der Waals surface area (Å²) in [6.45, 7) is 7.42. The van der Waals surface area contributed by atoms with E-state index in [1.54, 1.807) is 0 Å². The zero-order chi connectivity index (χ0) is 26.7. The van der Waals surface area contributed by atoms with Crippen LogP contribution >= 0.6 is 17.2 Å². The van der Waals surface area contributed by atoms with E-state index < -0.39 is 41.4 Å². The molecule has 35 heavy (non-hydrogen) atoms. The maximum absolute atomic E-state index is 10.4. The van der Waals surface area contributed by atoms with Crippen molar-refractivity contribution in [2.75, 3.05) is 19.8 Å². The van der Waals surface area contributed by atoms with Crippen LogP contribution in [0.3, 0.4) is 0 Å². The fourth-order valence-electron chi connectivity index (χ4n) is 4.73. The molecule has 0 radical (unpaired) electrons. The predicted molar refractivity (Wildman–Crippen MR) is 143 cm³/mol. The van der Waals surface area contributed by atoms with Crippen molar-refractivity contribution in [1.29, 1.82) is 0 Å². The van der Waals surface area contributed by atoms with Crippen LogP contribution in [-0.2, 0) is 9.05 Å². The summed E-state index contributed by atoms with van der Waals surface area (Å²) >= 11 is 0. The standard InChI is InChI=1S/C25H54O8P2/c1-22(2)15-11-7-5-9-13-17-25(33-35(30)31,18-14-10-6-8-12-16-23(3)4)24(19-26,20-27)21-32-34(28)29/h22-23,26-31H,5-21H2,1-4H3. The Labute approximate surface area is 216 Å². The van der Waals surface area contributed by atoms with Gasteiger partial charge in [-0.1, -0.05) is 105 Å². The number of unbranched alkanes of at least 4 members (excludes halogenated alkanes) is 8. The third kappa shape index (κ3) is 15.5. The molecule has 0 aliphatic carbocycles. The molecule has 0 rings (SSSR count). The first-order valence-electron chi connectivity index (χ1n) is 13.4. The molecule has 0 fully saturated rings. The van der Waals surface area contributed by atoms with Gasteiger partial charge in [-0.25, -0.2) is 0 Å². The molecule has 0 spiro atoms. The Morgan fingerprint density at radius 3 is 1.34 bits per heavy atom. The van der Waals surface area contributed by atoms with Crippen LogP contribution in [0, 0.1) is 17.3 Å². The molecule has 0 aliphatic heterocycles. The summed E-state index contributed by atoms with van der Waals surface area (Å²) in [5, 5.41) is 20.7. The van der Waals surface area contributed by atoms with Crippen molar-refractivity contribution in [1.82, 2.24) is 0 Å². The van der Waals surface area contributed by atoms with E-state index in [1.165, 1.54) is 25.7 Å². The zero-order valence-corrected chi connectivity index (χ0v) is 24.4. The van der Waals surface area contributed by atoms with Crippen molar-refractivity contribution in [3.05, 3.63) is 0 Å². The molecule has 0 heterocycles. The smallest absolute Gasteiger partial charge is 0.327 e. The molecule has 0 unspecified atom stereocenters. The Kier molecular flexibility index (Phi) is 20.8. The van der Waals surface area contributed by atoms with Crippen molar-refractivity contribution >= 4 is 17.2 Å². The van der Waals surface area contributed by atoms with E-state index in [1.807, 2.05) is 0 Å². The summed E-state index contributed by atoms with van der Waals surface area (Å²) in [6.07, 6.45) is 13.2. The Hall–Kier alpha value is 0.540. The van der Waals surface area contributed by atoms with Crippen LogP contribution in [0.15, 0.2) is 0 Å². The lowest BCUT2D eigenvalue weighted by Crippen LogP contribution is -2.56. The van der Waals surface area contributed by atoms with Crippen molar-refractivity contribution in [2.24, 2.45) is 17.3 Å². The van der Waals surface area contributed by atoms with Crippen molar-refractivity contribution in [2.45, 2.75) is 123 Å².